The number of aliphatic imine (C=N–C) groups is 1. The minimum atomic E-state index is 0. The quantitative estimate of drug-likeness (QED) is 0.375. The van der Waals surface area contributed by atoms with E-state index in [0.29, 0.717) is 24.1 Å². The Morgan fingerprint density at radius 3 is 2.73 bits per heavy atom. The normalized spacial score (nSPS) is 27.7. The van der Waals surface area contributed by atoms with Crippen LogP contribution in [-0.2, 0) is 11.2 Å². The first-order chi connectivity index (χ1) is 12.0. The van der Waals surface area contributed by atoms with Gasteiger partial charge in [-0.1, -0.05) is 44.2 Å². The average Bonchev–Trinajstić information content (AvgIpc) is 3.06. The Balaban J connectivity index is 0.00000243. The van der Waals surface area contributed by atoms with Gasteiger partial charge in [-0.3, -0.25) is 4.99 Å². The van der Waals surface area contributed by atoms with Gasteiger partial charge in [-0.25, -0.2) is 0 Å². The van der Waals surface area contributed by atoms with Gasteiger partial charge in [0.2, 0.25) is 0 Å². The maximum absolute atomic E-state index is 5.91. The third-order valence-corrected chi connectivity index (χ3v) is 5.80. The summed E-state index contributed by atoms with van der Waals surface area (Å²) in [5.74, 6) is 1.57. The molecule has 4 atom stereocenters. The molecule has 2 fully saturated rings. The zero-order valence-corrected chi connectivity index (χ0v) is 18.8. The Kier molecular flexibility index (Phi) is 7.76. The molecule has 1 aliphatic carbocycles. The predicted octanol–water partition coefficient (Wildman–Crippen LogP) is 3.99. The van der Waals surface area contributed by atoms with Gasteiger partial charge in [0.25, 0.3) is 0 Å². The second kappa shape index (κ2) is 9.40. The van der Waals surface area contributed by atoms with Crippen molar-refractivity contribution in [1.82, 2.24) is 10.6 Å². The Bertz CT molecular complexity index is 590. The predicted molar refractivity (Wildman–Crippen MR) is 119 cm³/mol. The highest BCUT2D eigenvalue weighted by atomic mass is 127. The SMILES string of the molecule is CCN=C(NC(C)CCc1ccccc1)NC1C2CCOC2C1(C)C.I. The van der Waals surface area contributed by atoms with E-state index in [1.165, 1.54) is 5.56 Å². The Morgan fingerprint density at radius 1 is 1.31 bits per heavy atom. The van der Waals surface area contributed by atoms with Gasteiger partial charge in [0.15, 0.2) is 5.96 Å². The average molecular weight is 471 g/mol. The smallest absolute Gasteiger partial charge is 0.191 e. The monoisotopic (exact) mass is 471 g/mol. The van der Waals surface area contributed by atoms with Gasteiger partial charge in [-0.15, -0.1) is 24.0 Å². The van der Waals surface area contributed by atoms with E-state index in [1.807, 2.05) is 0 Å². The molecule has 0 aromatic heterocycles. The number of guanidine groups is 1. The van der Waals surface area contributed by atoms with Crippen molar-refractivity contribution in [3.05, 3.63) is 35.9 Å². The number of rotatable bonds is 6. The van der Waals surface area contributed by atoms with Crippen LogP contribution in [0.5, 0.6) is 0 Å². The van der Waals surface area contributed by atoms with Gasteiger partial charge in [0, 0.05) is 36.6 Å². The van der Waals surface area contributed by atoms with Gasteiger partial charge in [0.1, 0.15) is 0 Å². The topological polar surface area (TPSA) is 45.7 Å². The van der Waals surface area contributed by atoms with Crippen molar-refractivity contribution in [2.24, 2.45) is 16.3 Å². The molecule has 1 saturated carbocycles. The highest BCUT2D eigenvalue weighted by Crippen LogP contribution is 2.52. The van der Waals surface area contributed by atoms with Crippen LogP contribution >= 0.6 is 24.0 Å². The molecule has 0 spiro atoms. The summed E-state index contributed by atoms with van der Waals surface area (Å²) in [6.45, 7) is 10.6. The van der Waals surface area contributed by atoms with Crippen LogP contribution in [0.2, 0.25) is 0 Å². The number of hydrogen-bond acceptors (Lipinski definition) is 2. The van der Waals surface area contributed by atoms with Crippen molar-refractivity contribution < 1.29 is 4.74 Å². The zero-order chi connectivity index (χ0) is 17.9. The number of benzene rings is 1. The molecule has 2 N–H and O–H groups in total. The van der Waals surface area contributed by atoms with E-state index in [-0.39, 0.29) is 29.4 Å². The fourth-order valence-electron chi connectivity index (χ4n) is 4.39. The van der Waals surface area contributed by atoms with Gasteiger partial charge in [-0.05, 0) is 38.7 Å². The van der Waals surface area contributed by atoms with Crippen LogP contribution in [0.3, 0.4) is 0 Å². The molecule has 0 amide bonds. The summed E-state index contributed by atoms with van der Waals surface area (Å²) < 4.78 is 5.91. The van der Waals surface area contributed by atoms with Crippen LogP contribution in [0.4, 0.5) is 0 Å². The second-order valence-corrected chi connectivity index (χ2v) is 8.08. The number of hydrogen-bond donors (Lipinski definition) is 2. The molecule has 2 aliphatic rings. The molecule has 1 aromatic carbocycles. The number of halogens is 1. The van der Waals surface area contributed by atoms with Gasteiger partial charge >= 0.3 is 0 Å². The number of ether oxygens (including phenoxy) is 1. The Morgan fingerprint density at radius 2 is 2.04 bits per heavy atom. The first kappa shape index (κ1) is 21.5. The molecule has 0 radical (unpaired) electrons. The van der Waals surface area contributed by atoms with E-state index in [1.54, 1.807) is 0 Å². The van der Waals surface area contributed by atoms with Crippen LogP contribution in [0.1, 0.15) is 46.1 Å². The van der Waals surface area contributed by atoms with E-state index in [4.69, 9.17) is 4.74 Å². The Hall–Kier alpha value is -0.820. The first-order valence-corrected chi connectivity index (χ1v) is 9.75. The van der Waals surface area contributed by atoms with Crippen molar-refractivity contribution in [3.63, 3.8) is 0 Å². The van der Waals surface area contributed by atoms with Gasteiger partial charge in [-0.2, -0.15) is 0 Å². The van der Waals surface area contributed by atoms with E-state index in [9.17, 15) is 0 Å². The van der Waals surface area contributed by atoms with Crippen molar-refractivity contribution in [2.75, 3.05) is 13.2 Å². The molecule has 4 nitrogen and oxygen atoms in total. The lowest BCUT2D eigenvalue weighted by atomic mass is 9.57. The third-order valence-electron chi connectivity index (χ3n) is 5.80. The van der Waals surface area contributed by atoms with Crippen LogP contribution in [0.15, 0.2) is 35.3 Å². The summed E-state index contributed by atoms with van der Waals surface area (Å²) in [6, 6.07) is 11.5. The lowest BCUT2D eigenvalue weighted by Gasteiger charge is -2.55. The largest absolute Gasteiger partial charge is 0.377 e. The molecule has 0 bridgehead atoms. The highest BCUT2D eigenvalue weighted by Gasteiger charge is 2.59. The van der Waals surface area contributed by atoms with Crippen molar-refractivity contribution >= 4 is 29.9 Å². The van der Waals surface area contributed by atoms with Crippen LogP contribution < -0.4 is 10.6 Å². The van der Waals surface area contributed by atoms with Crippen molar-refractivity contribution in [1.29, 1.82) is 0 Å². The summed E-state index contributed by atoms with van der Waals surface area (Å²) in [6.07, 6.45) is 3.75. The van der Waals surface area contributed by atoms with E-state index >= 15 is 0 Å². The van der Waals surface area contributed by atoms with E-state index in [2.05, 4.69) is 73.7 Å². The molecule has 4 unspecified atom stereocenters. The van der Waals surface area contributed by atoms with E-state index < -0.39 is 0 Å². The minimum absolute atomic E-state index is 0. The highest BCUT2D eigenvalue weighted by molar-refractivity contribution is 14.0. The molecule has 26 heavy (non-hydrogen) atoms. The summed E-state index contributed by atoms with van der Waals surface area (Å²) in [5.41, 5.74) is 1.56. The lowest BCUT2D eigenvalue weighted by molar-refractivity contribution is -0.106. The molecule has 1 heterocycles. The van der Waals surface area contributed by atoms with Crippen molar-refractivity contribution in [2.45, 2.75) is 65.1 Å². The summed E-state index contributed by atoms with van der Waals surface area (Å²) in [5, 5.41) is 7.31. The molecule has 3 rings (SSSR count). The maximum Gasteiger partial charge on any atom is 0.191 e. The van der Waals surface area contributed by atoms with Crippen molar-refractivity contribution in [3.8, 4) is 0 Å². The summed E-state index contributed by atoms with van der Waals surface area (Å²) in [4.78, 5) is 4.67. The number of aryl methyl sites for hydroxylation is 1. The van der Waals surface area contributed by atoms with Gasteiger partial charge in [0.05, 0.1) is 6.10 Å². The molecular weight excluding hydrogens is 437 g/mol. The minimum Gasteiger partial charge on any atom is -0.377 e. The second-order valence-electron chi connectivity index (χ2n) is 8.08. The molecular formula is C21H34IN3O. The maximum atomic E-state index is 5.91. The fourth-order valence-corrected chi connectivity index (χ4v) is 4.39. The fraction of sp³-hybridized carbons (Fsp3) is 0.667. The Labute approximate surface area is 175 Å². The zero-order valence-electron chi connectivity index (χ0n) is 16.5. The van der Waals surface area contributed by atoms with Gasteiger partial charge < -0.3 is 15.4 Å². The summed E-state index contributed by atoms with van der Waals surface area (Å²) >= 11 is 0. The van der Waals surface area contributed by atoms with Crippen LogP contribution in [0, 0.1) is 11.3 Å². The standard InChI is InChI=1S/C21H33N3O.HI/c1-5-22-20(23-15(2)11-12-16-9-7-6-8-10-16)24-18-17-13-14-25-19(17)21(18,3)4;/h6-10,15,17-19H,5,11-14H2,1-4H3,(H2,22,23,24);1H. The van der Waals surface area contributed by atoms with Crippen LogP contribution in [-0.4, -0.2) is 37.3 Å². The molecule has 1 aliphatic heterocycles. The molecule has 1 aromatic rings. The summed E-state index contributed by atoms with van der Waals surface area (Å²) in [7, 11) is 0. The molecule has 1 saturated heterocycles. The van der Waals surface area contributed by atoms with E-state index in [0.717, 1.165) is 38.4 Å². The number of fused-ring (bicyclic) bond motifs is 1. The van der Waals surface area contributed by atoms with Crippen LogP contribution in [0.25, 0.3) is 0 Å². The number of nitrogens with zero attached hydrogens (tertiary/aromatic N) is 1. The number of nitrogens with one attached hydrogen (secondary N) is 2. The first-order valence-electron chi connectivity index (χ1n) is 9.75. The lowest BCUT2D eigenvalue weighted by Crippen LogP contribution is -2.68. The molecule has 5 heteroatoms. The molecule has 146 valence electrons. The third kappa shape index (κ3) is 4.71.